The zero-order chi connectivity index (χ0) is 16.1. The standard InChI is InChI=1S/C14H19N5O3/c1-4-9(13-16-8-17-19(13)5-2)18-14(21)10-6-11(20)12(22-3)7-15-10/h6-9H,4-5H2,1-3H3,(H,15,20)(H,18,21)/t9-/m0/s1. The molecule has 2 aromatic heterocycles. The van der Waals surface area contributed by atoms with Gasteiger partial charge in [-0.15, -0.1) is 0 Å². The van der Waals surface area contributed by atoms with Gasteiger partial charge in [0.1, 0.15) is 17.8 Å². The molecule has 0 spiro atoms. The van der Waals surface area contributed by atoms with Crippen LogP contribution >= 0.6 is 0 Å². The molecule has 22 heavy (non-hydrogen) atoms. The lowest BCUT2D eigenvalue weighted by Crippen LogP contribution is -2.31. The third-order valence-corrected chi connectivity index (χ3v) is 3.31. The first-order valence-electron chi connectivity index (χ1n) is 7.05. The van der Waals surface area contributed by atoms with Gasteiger partial charge in [0.25, 0.3) is 5.91 Å². The van der Waals surface area contributed by atoms with Crippen LogP contribution in [0.1, 0.15) is 42.6 Å². The number of nitrogens with zero attached hydrogens (tertiary/aromatic N) is 3. The molecule has 2 N–H and O–H groups in total. The highest BCUT2D eigenvalue weighted by Crippen LogP contribution is 2.14. The SMILES string of the molecule is CC[C@H](NC(=O)c1cc(=O)c(OC)c[nH]1)c1ncnn1CC. The Morgan fingerprint density at radius 3 is 2.86 bits per heavy atom. The van der Waals surface area contributed by atoms with Gasteiger partial charge in [0.2, 0.25) is 5.43 Å². The summed E-state index contributed by atoms with van der Waals surface area (Å²) in [4.78, 5) is 30.9. The van der Waals surface area contributed by atoms with E-state index >= 15 is 0 Å². The Morgan fingerprint density at radius 2 is 2.27 bits per heavy atom. The molecule has 2 heterocycles. The molecule has 118 valence electrons. The topological polar surface area (TPSA) is 102 Å². The number of amides is 1. The molecule has 0 aliphatic heterocycles. The Bertz CT molecular complexity index is 706. The Hall–Kier alpha value is -2.64. The van der Waals surface area contributed by atoms with E-state index < -0.39 is 0 Å². The lowest BCUT2D eigenvalue weighted by Gasteiger charge is -2.16. The van der Waals surface area contributed by atoms with Crippen LogP contribution in [0.4, 0.5) is 0 Å². The number of methoxy groups -OCH3 is 1. The number of pyridine rings is 1. The summed E-state index contributed by atoms with van der Waals surface area (Å²) >= 11 is 0. The first kappa shape index (κ1) is 15.7. The predicted octanol–water partition coefficient (Wildman–Crippen LogP) is 0.876. The van der Waals surface area contributed by atoms with Gasteiger partial charge in [0, 0.05) is 18.8 Å². The summed E-state index contributed by atoms with van der Waals surface area (Å²) in [7, 11) is 1.40. The molecule has 1 amide bonds. The molecule has 8 heteroatoms. The van der Waals surface area contributed by atoms with Gasteiger partial charge in [0.15, 0.2) is 5.75 Å². The molecule has 0 saturated heterocycles. The van der Waals surface area contributed by atoms with E-state index in [1.807, 2.05) is 13.8 Å². The van der Waals surface area contributed by atoms with E-state index in [-0.39, 0.29) is 28.8 Å². The van der Waals surface area contributed by atoms with Crippen molar-refractivity contribution < 1.29 is 9.53 Å². The lowest BCUT2D eigenvalue weighted by atomic mass is 10.2. The maximum Gasteiger partial charge on any atom is 0.268 e. The van der Waals surface area contributed by atoms with Crippen molar-refractivity contribution in [3.05, 3.63) is 40.3 Å². The fourth-order valence-corrected chi connectivity index (χ4v) is 2.12. The zero-order valence-electron chi connectivity index (χ0n) is 12.8. The van der Waals surface area contributed by atoms with Crippen LogP contribution in [0.2, 0.25) is 0 Å². The second kappa shape index (κ2) is 6.88. The summed E-state index contributed by atoms with van der Waals surface area (Å²) < 4.78 is 6.60. The second-order valence-corrected chi connectivity index (χ2v) is 4.65. The average Bonchev–Trinajstić information content (AvgIpc) is 3.00. The fourth-order valence-electron chi connectivity index (χ4n) is 2.12. The molecule has 2 rings (SSSR count). The number of carbonyl (C=O) groups excluding carboxylic acids is 1. The van der Waals surface area contributed by atoms with Crippen LogP contribution in [0.3, 0.4) is 0 Å². The molecule has 0 aromatic carbocycles. The molecule has 2 aromatic rings. The zero-order valence-corrected chi connectivity index (χ0v) is 12.8. The maximum atomic E-state index is 12.3. The number of aryl methyl sites for hydroxylation is 1. The highest BCUT2D eigenvalue weighted by Gasteiger charge is 2.19. The quantitative estimate of drug-likeness (QED) is 0.824. The van der Waals surface area contributed by atoms with Crippen LogP contribution in [-0.2, 0) is 6.54 Å². The minimum absolute atomic E-state index is 0.161. The number of aromatic nitrogens is 4. The van der Waals surface area contributed by atoms with E-state index in [0.717, 1.165) is 0 Å². The minimum atomic E-state index is -0.378. The van der Waals surface area contributed by atoms with Gasteiger partial charge in [-0.2, -0.15) is 5.10 Å². The van der Waals surface area contributed by atoms with E-state index in [4.69, 9.17) is 4.74 Å². The third kappa shape index (κ3) is 3.16. The molecular weight excluding hydrogens is 286 g/mol. The normalized spacial score (nSPS) is 12.0. The Kier molecular flexibility index (Phi) is 4.92. The van der Waals surface area contributed by atoms with Crippen LogP contribution < -0.4 is 15.5 Å². The number of hydrogen-bond acceptors (Lipinski definition) is 5. The molecule has 0 aliphatic carbocycles. The maximum absolute atomic E-state index is 12.3. The number of carbonyl (C=O) groups is 1. The highest BCUT2D eigenvalue weighted by atomic mass is 16.5. The summed E-state index contributed by atoms with van der Waals surface area (Å²) in [6.45, 7) is 4.56. The van der Waals surface area contributed by atoms with E-state index in [1.54, 1.807) is 4.68 Å². The monoisotopic (exact) mass is 305 g/mol. The molecule has 0 bridgehead atoms. The molecule has 0 saturated carbocycles. The summed E-state index contributed by atoms with van der Waals surface area (Å²) in [6, 6.07) is 0.936. The first-order valence-corrected chi connectivity index (χ1v) is 7.05. The van der Waals surface area contributed by atoms with Gasteiger partial charge in [-0.1, -0.05) is 6.92 Å². The van der Waals surface area contributed by atoms with Crippen molar-refractivity contribution >= 4 is 5.91 Å². The molecular formula is C14H19N5O3. The van der Waals surface area contributed by atoms with Gasteiger partial charge < -0.3 is 15.0 Å². The van der Waals surface area contributed by atoms with E-state index in [2.05, 4.69) is 20.4 Å². The summed E-state index contributed by atoms with van der Waals surface area (Å²) in [5, 5.41) is 6.95. The minimum Gasteiger partial charge on any atom is -0.491 e. The largest absolute Gasteiger partial charge is 0.491 e. The van der Waals surface area contributed by atoms with E-state index in [9.17, 15) is 9.59 Å². The van der Waals surface area contributed by atoms with Crippen LogP contribution in [0.15, 0.2) is 23.4 Å². The Labute approximate surface area is 127 Å². The number of hydrogen-bond donors (Lipinski definition) is 2. The van der Waals surface area contributed by atoms with Crippen LogP contribution in [0.5, 0.6) is 5.75 Å². The number of H-pyrrole nitrogens is 1. The van der Waals surface area contributed by atoms with Gasteiger partial charge in [-0.25, -0.2) is 9.67 Å². The number of aromatic amines is 1. The van der Waals surface area contributed by atoms with Gasteiger partial charge in [-0.3, -0.25) is 9.59 Å². The molecule has 0 radical (unpaired) electrons. The van der Waals surface area contributed by atoms with Gasteiger partial charge >= 0.3 is 0 Å². The fraction of sp³-hybridized carbons (Fsp3) is 0.429. The van der Waals surface area contributed by atoms with Crippen molar-refractivity contribution in [3.63, 3.8) is 0 Å². The third-order valence-electron chi connectivity index (χ3n) is 3.31. The summed E-state index contributed by atoms with van der Waals surface area (Å²) in [5.74, 6) is 0.473. The second-order valence-electron chi connectivity index (χ2n) is 4.65. The molecule has 0 unspecified atom stereocenters. The van der Waals surface area contributed by atoms with Gasteiger partial charge in [0.05, 0.1) is 13.2 Å². The Balaban J connectivity index is 2.19. The van der Waals surface area contributed by atoms with Crippen molar-refractivity contribution in [3.8, 4) is 5.75 Å². The molecule has 0 fully saturated rings. The first-order chi connectivity index (χ1) is 10.6. The van der Waals surface area contributed by atoms with Crippen molar-refractivity contribution in [1.82, 2.24) is 25.1 Å². The smallest absolute Gasteiger partial charge is 0.268 e. The van der Waals surface area contributed by atoms with Crippen LogP contribution in [-0.4, -0.2) is 32.8 Å². The predicted molar refractivity (Wildman–Crippen MR) is 79.8 cm³/mol. The highest BCUT2D eigenvalue weighted by molar-refractivity contribution is 5.92. The van der Waals surface area contributed by atoms with Gasteiger partial charge in [-0.05, 0) is 13.3 Å². The van der Waals surface area contributed by atoms with E-state index in [1.165, 1.54) is 25.7 Å². The average molecular weight is 305 g/mol. The van der Waals surface area contributed by atoms with Crippen molar-refractivity contribution in [1.29, 1.82) is 0 Å². The lowest BCUT2D eigenvalue weighted by molar-refractivity contribution is 0.0927. The molecule has 8 nitrogen and oxygen atoms in total. The molecule has 0 aliphatic rings. The van der Waals surface area contributed by atoms with Crippen LogP contribution in [0, 0.1) is 0 Å². The number of ether oxygens (including phenoxy) is 1. The Morgan fingerprint density at radius 1 is 1.50 bits per heavy atom. The van der Waals surface area contributed by atoms with Crippen molar-refractivity contribution in [2.24, 2.45) is 0 Å². The van der Waals surface area contributed by atoms with E-state index in [0.29, 0.717) is 18.8 Å². The molecule has 1 atom stereocenters. The van der Waals surface area contributed by atoms with Crippen molar-refractivity contribution in [2.75, 3.05) is 7.11 Å². The summed E-state index contributed by atoms with van der Waals surface area (Å²) in [5.41, 5.74) is -0.178. The summed E-state index contributed by atoms with van der Waals surface area (Å²) in [6.07, 6.45) is 3.49. The van der Waals surface area contributed by atoms with Crippen LogP contribution in [0.25, 0.3) is 0 Å². The van der Waals surface area contributed by atoms with Crippen molar-refractivity contribution in [2.45, 2.75) is 32.9 Å². The number of rotatable bonds is 6. The number of nitrogens with one attached hydrogen (secondary N) is 2.